The highest BCUT2D eigenvalue weighted by molar-refractivity contribution is 5.72. The maximum atomic E-state index is 12.7. The third-order valence-electron chi connectivity index (χ3n) is 2.28. The molecule has 0 spiro atoms. The van der Waals surface area contributed by atoms with Crippen LogP contribution in [0.25, 0.3) is 0 Å². The third-order valence-corrected chi connectivity index (χ3v) is 2.28. The fraction of sp³-hybridized carbons (Fsp3) is 0.364. The predicted molar refractivity (Wildman–Crippen MR) is 54.6 cm³/mol. The first kappa shape index (κ1) is 15.8. The van der Waals surface area contributed by atoms with Gasteiger partial charge in [0.25, 0.3) is 6.43 Å². The number of rotatable bonds is 3. The Morgan fingerprint density at radius 2 is 2.10 bits per heavy atom. The predicted octanol–water partition coefficient (Wildman–Crippen LogP) is 2.63. The zero-order valence-electron chi connectivity index (χ0n) is 9.96. The van der Waals surface area contributed by atoms with E-state index in [1.54, 1.807) is 0 Å². The third kappa shape index (κ3) is 3.40. The summed E-state index contributed by atoms with van der Waals surface area (Å²) in [5, 5.41) is 8.63. The number of carbonyl (C=O) groups excluding carboxylic acids is 1. The number of halogens is 5. The number of carbonyl (C=O) groups is 1. The summed E-state index contributed by atoms with van der Waals surface area (Å²) >= 11 is 0. The minimum absolute atomic E-state index is 0.392. The van der Waals surface area contributed by atoms with Crippen molar-refractivity contribution in [3.63, 3.8) is 0 Å². The van der Waals surface area contributed by atoms with Crippen molar-refractivity contribution >= 4 is 5.97 Å². The van der Waals surface area contributed by atoms with E-state index in [0.29, 0.717) is 6.07 Å². The van der Waals surface area contributed by atoms with Crippen LogP contribution in [0.4, 0.5) is 22.0 Å². The number of alkyl halides is 5. The summed E-state index contributed by atoms with van der Waals surface area (Å²) in [7, 11) is 1.02. The van der Waals surface area contributed by atoms with E-state index in [4.69, 9.17) is 5.26 Å². The van der Waals surface area contributed by atoms with Crippen molar-refractivity contribution < 1.29 is 31.5 Å². The van der Waals surface area contributed by atoms with Gasteiger partial charge >= 0.3 is 12.1 Å². The van der Waals surface area contributed by atoms with Crippen molar-refractivity contribution in [2.75, 3.05) is 7.11 Å². The highest BCUT2D eigenvalue weighted by Gasteiger charge is 2.40. The molecule has 20 heavy (non-hydrogen) atoms. The number of aromatic nitrogens is 1. The Morgan fingerprint density at radius 1 is 1.50 bits per heavy atom. The summed E-state index contributed by atoms with van der Waals surface area (Å²) < 4.78 is 67.8. The zero-order chi connectivity index (χ0) is 15.5. The Hall–Kier alpha value is -2.24. The second kappa shape index (κ2) is 5.81. The van der Waals surface area contributed by atoms with Crippen LogP contribution in [0.5, 0.6) is 0 Å². The molecule has 0 unspecified atom stereocenters. The lowest BCUT2D eigenvalue weighted by atomic mass is 10.0. The van der Waals surface area contributed by atoms with Gasteiger partial charge in [-0.25, -0.2) is 13.8 Å². The molecule has 0 fully saturated rings. The molecule has 0 radical (unpaired) electrons. The Morgan fingerprint density at radius 3 is 2.50 bits per heavy atom. The van der Waals surface area contributed by atoms with Crippen molar-refractivity contribution in [2.24, 2.45) is 0 Å². The van der Waals surface area contributed by atoms with E-state index >= 15 is 0 Å². The molecule has 0 bridgehead atoms. The molecule has 4 nitrogen and oxygen atoms in total. The van der Waals surface area contributed by atoms with Gasteiger partial charge in [-0.3, -0.25) is 4.79 Å². The van der Waals surface area contributed by atoms with Crippen LogP contribution in [-0.2, 0) is 22.1 Å². The monoisotopic (exact) mass is 294 g/mol. The van der Waals surface area contributed by atoms with E-state index in [1.807, 2.05) is 0 Å². The van der Waals surface area contributed by atoms with Gasteiger partial charge in [0, 0.05) is 5.56 Å². The Kier molecular flexibility index (Phi) is 4.60. The van der Waals surface area contributed by atoms with Crippen LogP contribution in [0.3, 0.4) is 0 Å². The van der Waals surface area contributed by atoms with Gasteiger partial charge in [-0.15, -0.1) is 0 Å². The van der Waals surface area contributed by atoms with Gasteiger partial charge in [0.1, 0.15) is 11.6 Å². The smallest absolute Gasteiger partial charge is 0.419 e. The van der Waals surface area contributed by atoms with Crippen LogP contribution in [0.1, 0.15) is 28.9 Å². The zero-order valence-corrected chi connectivity index (χ0v) is 9.96. The molecule has 0 atom stereocenters. The highest BCUT2D eigenvalue weighted by atomic mass is 19.4. The molecule has 0 saturated carbocycles. The first-order valence-corrected chi connectivity index (χ1v) is 5.06. The Bertz CT molecular complexity index is 563. The number of hydrogen-bond acceptors (Lipinski definition) is 4. The van der Waals surface area contributed by atoms with Crippen LogP contribution in [0.2, 0.25) is 0 Å². The number of methoxy groups -OCH3 is 1. The van der Waals surface area contributed by atoms with Gasteiger partial charge in [-0.1, -0.05) is 0 Å². The van der Waals surface area contributed by atoms with Gasteiger partial charge in [0.05, 0.1) is 19.2 Å². The van der Waals surface area contributed by atoms with Crippen LogP contribution < -0.4 is 0 Å². The molecule has 1 aromatic heterocycles. The largest absolute Gasteiger partial charge is 0.469 e. The van der Waals surface area contributed by atoms with Gasteiger partial charge in [-0.05, 0) is 6.07 Å². The molecule has 1 aromatic rings. The number of pyridine rings is 1. The van der Waals surface area contributed by atoms with Crippen molar-refractivity contribution in [3.8, 4) is 6.07 Å². The summed E-state index contributed by atoms with van der Waals surface area (Å²) in [4.78, 5) is 14.3. The summed E-state index contributed by atoms with van der Waals surface area (Å²) in [5.74, 6) is -0.874. The summed E-state index contributed by atoms with van der Waals surface area (Å²) in [5.41, 5.74) is -4.77. The number of nitriles is 1. The SMILES string of the molecule is COC(=O)Cc1cc(C(F)F)c(C(F)(F)F)c(C#N)n1. The fourth-order valence-electron chi connectivity index (χ4n) is 1.48. The lowest BCUT2D eigenvalue weighted by Gasteiger charge is -2.14. The normalized spacial score (nSPS) is 11.3. The lowest BCUT2D eigenvalue weighted by molar-refractivity contribution is -0.140. The molecule has 0 aliphatic carbocycles. The van der Waals surface area contributed by atoms with E-state index in [0.717, 1.165) is 13.2 Å². The average molecular weight is 294 g/mol. The maximum absolute atomic E-state index is 12.7. The molecule has 0 aromatic carbocycles. The maximum Gasteiger partial charge on any atom is 0.419 e. The van der Waals surface area contributed by atoms with Crippen molar-refractivity contribution in [2.45, 2.75) is 19.0 Å². The molecule has 0 saturated heterocycles. The lowest BCUT2D eigenvalue weighted by Crippen LogP contribution is -2.16. The van der Waals surface area contributed by atoms with Gasteiger partial charge in [-0.2, -0.15) is 18.4 Å². The Labute approximate surface area is 109 Å². The number of ether oxygens (including phenoxy) is 1. The number of esters is 1. The fourth-order valence-corrected chi connectivity index (χ4v) is 1.48. The van der Waals surface area contributed by atoms with Gasteiger partial charge in [0.15, 0.2) is 5.69 Å². The quantitative estimate of drug-likeness (QED) is 0.635. The van der Waals surface area contributed by atoms with Crippen LogP contribution in [0, 0.1) is 11.3 Å². The second-order valence-corrected chi connectivity index (χ2v) is 3.59. The van der Waals surface area contributed by atoms with Crippen molar-refractivity contribution in [3.05, 3.63) is 28.6 Å². The Balaban J connectivity index is 3.48. The van der Waals surface area contributed by atoms with Crippen molar-refractivity contribution in [1.82, 2.24) is 4.98 Å². The number of hydrogen-bond donors (Lipinski definition) is 0. The molecular weight excluding hydrogens is 287 g/mol. The van der Waals surface area contributed by atoms with Crippen LogP contribution in [0.15, 0.2) is 6.07 Å². The first-order valence-electron chi connectivity index (χ1n) is 5.06. The van der Waals surface area contributed by atoms with Crippen molar-refractivity contribution in [1.29, 1.82) is 5.26 Å². The topological polar surface area (TPSA) is 63.0 Å². The van der Waals surface area contributed by atoms with E-state index in [9.17, 15) is 26.7 Å². The molecule has 108 valence electrons. The average Bonchev–Trinajstić information content (AvgIpc) is 2.35. The summed E-state index contributed by atoms with van der Waals surface area (Å²) in [6, 6.07) is 1.56. The minimum Gasteiger partial charge on any atom is -0.469 e. The van der Waals surface area contributed by atoms with E-state index in [2.05, 4.69) is 9.72 Å². The van der Waals surface area contributed by atoms with Gasteiger partial charge in [0.2, 0.25) is 0 Å². The van der Waals surface area contributed by atoms with E-state index in [1.165, 1.54) is 0 Å². The molecule has 0 aliphatic rings. The summed E-state index contributed by atoms with van der Waals surface area (Å²) in [6.07, 6.45) is -9.21. The van der Waals surface area contributed by atoms with Crippen LogP contribution >= 0.6 is 0 Å². The van der Waals surface area contributed by atoms with E-state index in [-0.39, 0.29) is 0 Å². The van der Waals surface area contributed by atoms with Gasteiger partial charge < -0.3 is 4.74 Å². The molecular formula is C11H7F5N2O2. The van der Waals surface area contributed by atoms with E-state index < -0.39 is 47.5 Å². The first-order chi connectivity index (χ1) is 9.20. The second-order valence-electron chi connectivity index (χ2n) is 3.59. The van der Waals surface area contributed by atoms with Crippen LogP contribution in [-0.4, -0.2) is 18.1 Å². The summed E-state index contributed by atoms with van der Waals surface area (Å²) in [6.45, 7) is 0. The molecule has 0 amide bonds. The molecule has 1 rings (SSSR count). The molecule has 9 heteroatoms. The molecule has 1 heterocycles. The standard InChI is InChI=1S/C11H7F5N2O2/c1-20-8(19)3-5-2-6(10(12)13)9(11(14,15)16)7(4-17)18-5/h2,10H,3H2,1H3. The molecule has 0 N–H and O–H groups in total. The number of nitrogens with zero attached hydrogens (tertiary/aromatic N) is 2. The highest BCUT2D eigenvalue weighted by Crippen LogP contribution is 2.38. The minimum atomic E-state index is -5.15. The molecule has 0 aliphatic heterocycles.